The van der Waals surface area contributed by atoms with Crippen LogP contribution in [-0.2, 0) is 10.0 Å². The number of sulfonamides is 1. The van der Waals surface area contributed by atoms with E-state index >= 15 is 0 Å². The topological polar surface area (TPSA) is 52.7 Å². The predicted octanol–water partition coefficient (Wildman–Crippen LogP) is 0.0488. The molecular formula is C12H25N3O2S2. The lowest BCUT2D eigenvalue weighted by Crippen LogP contribution is -2.49. The van der Waals surface area contributed by atoms with Crippen LogP contribution in [0.4, 0.5) is 0 Å². The molecule has 2 saturated heterocycles. The second-order valence-corrected chi connectivity index (χ2v) is 9.74. The van der Waals surface area contributed by atoms with Gasteiger partial charge in [0.1, 0.15) is 0 Å². The Kier molecular flexibility index (Phi) is 5.16. The summed E-state index contributed by atoms with van der Waals surface area (Å²) in [5.41, 5.74) is 0. The summed E-state index contributed by atoms with van der Waals surface area (Å²) in [5, 5.41) is 3.28. The lowest BCUT2D eigenvalue weighted by Gasteiger charge is -2.37. The van der Waals surface area contributed by atoms with Crippen LogP contribution in [0.2, 0.25) is 0 Å². The molecule has 2 rings (SSSR count). The average molecular weight is 307 g/mol. The summed E-state index contributed by atoms with van der Waals surface area (Å²) in [5.74, 6) is 1.16. The summed E-state index contributed by atoms with van der Waals surface area (Å²) >= 11 is 1.86. The van der Waals surface area contributed by atoms with Gasteiger partial charge < -0.3 is 5.32 Å². The maximum Gasteiger partial charge on any atom is 0.215 e. The highest BCUT2D eigenvalue weighted by Crippen LogP contribution is 2.30. The van der Waals surface area contributed by atoms with Gasteiger partial charge in [-0.15, -0.1) is 0 Å². The Labute approximate surface area is 121 Å². The van der Waals surface area contributed by atoms with Gasteiger partial charge in [-0.2, -0.15) is 16.1 Å². The third-order valence-electron chi connectivity index (χ3n) is 3.66. The number of piperazine rings is 1. The summed E-state index contributed by atoms with van der Waals surface area (Å²) in [7, 11) is -3.10. The highest BCUT2D eigenvalue weighted by Gasteiger charge is 2.33. The fourth-order valence-corrected chi connectivity index (χ4v) is 5.46. The maximum absolute atomic E-state index is 12.4. The molecular weight excluding hydrogens is 282 g/mol. The Balaban J connectivity index is 1.87. The molecule has 19 heavy (non-hydrogen) atoms. The first-order chi connectivity index (χ1) is 8.89. The Hall–Kier alpha value is 0.180. The molecule has 0 saturated carbocycles. The third-order valence-corrected chi connectivity index (χ3v) is 6.75. The fraction of sp³-hybridized carbons (Fsp3) is 1.00. The fourth-order valence-electron chi connectivity index (χ4n) is 2.52. The first-order valence-corrected chi connectivity index (χ1v) is 9.53. The average Bonchev–Trinajstić information content (AvgIpc) is 2.37. The monoisotopic (exact) mass is 307 g/mol. The van der Waals surface area contributed by atoms with E-state index < -0.39 is 10.0 Å². The Bertz CT molecular complexity index is 392. The molecule has 7 heteroatoms. The highest BCUT2D eigenvalue weighted by molar-refractivity contribution is 8.00. The van der Waals surface area contributed by atoms with Gasteiger partial charge in [-0.1, -0.05) is 0 Å². The summed E-state index contributed by atoms with van der Waals surface area (Å²) < 4.78 is 26.5. The van der Waals surface area contributed by atoms with E-state index in [-0.39, 0.29) is 10.5 Å². The minimum Gasteiger partial charge on any atom is -0.314 e. The lowest BCUT2D eigenvalue weighted by molar-refractivity contribution is 0.252. The smallest absolute Gasteiger partial charge is 0.215 e. The molecule has 0 aromatic rings. The van der Waals surface area contributed by atoms with Crippen molar-refractivity contribution >= 4 is 21.8 Å². The van der Waals surface area contributed by atoms with Gasteiger partial charge in [0.25, 0.3) is 0 Å². The van der Waals surface area contributed by atoms with Crippen LogP contribution in [0.25, 0.3) is 0 Å². The molecule has 0 aromatic heterocycles. The third kappa shape index (κ3) is 4.60. The Morgan fingerprint density at radius 3 is 2.53 bits per heavy atom. The van der Waals surface area contributed by atoms with Gasteiger partial charge in [-0.05, 0) is 13.8 Å². The summed E-state index contributed by atoms with van der Waals surface area (Å²) in [6, 6.07) is 0. The van der Waals surface area contributed by atoms with Gasteiger partial charge in [0, 0.05) is 56.3 Å². The summed E-state index contributed by atoms with van der Waals surface area (Å²) in [4.78, 5) is 2.23. The zero-order chi connectivity index (χ0) is 13.9. The van der Waals surface area contributed by atoms with Gasteiger partial charge in [-0.3, -0.25) is 4.90 Å². The maximum atomic E-state index is 12.4. The van der Waals surface area contributed by atoms with Crippen molar-refractivity contribution in [2.75, 3.05) is 57.3 Å². The molecule has 112 valence electrons. The van der Waals surface area contributed by atoms with Gasteiger partial charge in [0.15, 0.2) is 0 Å². The minimum atomic E-state index is -3.10. The highest BCUT2D eigenvalue weighted by atomic mass is 32.2. The molecule has 0 bridgehead atoms. The van der Waals surface area contributed by atoms with Crippen LogP contribution in [-0.4, -0.2) is 79.7 Å². The van der Waals surface area contributed by atoms with Crippen LogP contribution in [0.5, 0.6) is 0 Å². The number of nitrogens with zero attached hydrogens (tertiary/aromatic N) is 2. The van der Waals surface area contributed by atoms with Crippen LogP contribution in [0.3, 0.4) is 0 Å². The number of thioether (sulfide) groups is 1. The van der Waals surface area contributed by atoms with Crippen LogP contribution in [0, 0.1) is 0 Å². The van der Waals surface area contributed by atoms with Gasteiger partial charge in [0.05, 0.1) is 5.75 Å². The zero-order valence-electron chi connectivity index (χ0n) is 11.9. The second-order valence-electron chi connectivity index (χ2n) is 5.85. The van der Waals surface area contributed by atoms with Crippen molar-refractivity contribution in [2.24, 2.45) is 0 Å². The molecule has 2 fully saturated rings. The normalized spacial score (nSPS) is 26.4. The van der Waals surface area contributed by atoms with Gasteiger partial charge >= 0.3 is 0 Å². The van der Waals surface area contributed by atoms with Crippen molar-refractivity contribution in [1.82, 2.24) is 14.5 Å². The molecule has 2 heterocycles. The van der Waals surface area contributed by atoms with Crippen molar-refractivity contribution < 1.29 is 8.42 Å². The quantitative estimate of drug-likeness (QED) is 0.795. The molecule has 0 spiro atoms. The predicted molar refractivity (Wildman–Crippen MR) is 81.2 cm³/mol. The molecule has 1 N–H and O–H groups in total. The standard InChI is InChI=1S/C12H25N3O2S2/c1-12(2)11-15(7-9-18-12)19(16,17)10-8-14-5-3-13-4-6-14/h13H,3-11H2,1-2H3. The summed E-state index contributed by atoms with van der Waals surface area (Å²) in [6.45, 7) is 10.0. The van der Waals surface area contributed by atoms with E-state index in [1.54, 1.807) is 4.31 Å². The Morgan fingerprint density at radius 1 is 1.21 bits per heavy atom. The van der Waals surface area contributed by atoms with Crippen molar-refractivity contribution in [3.8, 4) is 0 Å². The number of hydrogen-bond acceptors (Lipinski definition) is 5. The van der Waals surface area contributed by atoms with E-state index in [2.05, 4.69) is 24.1 Å². The van der Waals surface area contributed by atoms with Crippen molar-refractivity contribution in [3.63, 3.8) is 0 Å². The first-order valence-electron chi connectivity index (χ1n) is 6.94. The van der Waals surface area contributed by atoms with Crippen molar-refractivity contribution in [2.45, 2.75) is 18.6 Å². The van der Waals surface area contributed by atoms with Gasteiger partial charge in [0.2, 0.25) is 10.0 Å². The SMILES string of the molecule is CC1(C)CN(S(=O)(=O)CCN2CCNCC2)CCS1. The largest absolute Gasteiger partial charge is 0.314 e. The van der Waals surface area contributed by atoms with E-state index in [4.69, 9.17) is 0 Å². The lowest BCUT2D eigenvalue weighted by atomic mass is 10.2. The van der Waals surface area contributed by atoms with Gasteiger partial charge in [-0.25, -0.2) is 8.42 Å². The molecule has 5 nitrogen and oxygen atoms in total. The molecule has 0 radical (unpaired) electrons. The Morgan fingerprint density at radius 2 is 1.89 bits per heavy atom. The number of hydrogen-bond donors (Lipinski definition) is 1. The molecule has 0 amide bonds. The molecule has 2 aliphatic rings. The van der Waals surface area contributed by atoms with Crippen molar-refractivity contribution in [1.29, 1.82) is 0 Å². The minimum absolute atomic E-state index is 0.0420. The number of rotatable bonds is 4. The van der Waals surface area contributed by atoms with E-state index in [1.807, 2.05) is 11.8 Å². The molecule has 0 aliphatic carbocycles. The van der Waals surface area contributed by atoms with E-state index in [1.165, 1.54) is 0 Å². The molecule has 0 aromatic carbocycles. The number of nitrogens with one attached hydrogen (secondary N) is 1. The molecule has 0 atom stereocenters. The summed E-state index contributed by atoms with van der Waals surface area (Å²) in [6.07, 6.45) is 0. The van der Waals surface area contributed by atoms with Crippen molar-refractivity contribution in [3.05, 3.63) is 0 Å². The first kappa shape index (κ1) is 15.6. The molecule has 2 aliphatic heterocycles. The van der Waals surface area contributed by atoms with Crippen LogP contribution < -0.4 is 5.32 Å². The van der Waals surface area contributed by atoms with Crippen LogP contribution in [0.15, 0.2) is 0 Å². The zero-order valence-corrected chi connectivity index (χ0v) is 13.5. The van der Waals surface area contributed by atoms with Crippen LogP contribution in [0.1, 0.15) is 13.8 Å². The molecule has 0 unspecified atom stereocenters. The van der Waals surface area contributed by atoms with E-state index in [0.717, 1.165) is 31.9 Å². The second kappa shape index (κ2) is 6.30. The van der Waals surface area contributed by atoms with E-state index in [0.29, 0.717) is 19.6 Å². The van der Waals surface area contributed by atoms with Crippen LogP contribution >= 0.6 is 11.8 Å². The van der Waals surface area contributed by atoms with E-state index in [9.17, 15) is 8.42 Å².